The van der Waals surface area contributed by atoms with Crippen LogP contribution in [0.25, 0.3) is 0 Å². The normalized spacial score (nSPS) is 26.0. The van der Waals surface area contributed by atoms with Crippen LogP contribution in [-0.2, 0) is 17.1 Å². The molecule has 1 saturated carbocycles. The zero-order valence-corrected chi connectivity index (χ0v) is 19.0. The zero-order valence-electron chi connectivity index (χ0n) is 18.2. The molecule has 2 fully saturated rings. The summed E-state index contributed by atoms with van der Waals surface area (Å²) in [4.78, 5) is 0. The molecular formula is C24H25ClF7NO. The van der Waals surface area contributed by atoms with Gasteiger partial charge in [0.25, 0.3) is 0 Å². The third-order valence-corrected chi connectivity index (χ3v) is 6.79. The van der Waals surface area contributed by atoms with Crippen molar-refractivity contribution in [2.45, 2.75) is 50.2 Å². The van der Waals surface area contributed by atoms with Crippen LogP contribution in [0.5, 0.6) is 0 Å². The van der Waals surface area contributed by atoms with Crippen molar-refractivity contribution >= 4 is 12.4 Å². The van der Waals surface area contributed by atoms with Crippen LogP contribution in [-0.4, -0.2) is 19.2 Å². The van der Waals surface area contributed by atoms with E-state index < -0.39 is 35.7 Å². The summed E-state index contributed by atoms with van der Waals surface area (Å²) >= 11 is 0. The molecule has 10 heteroatoms. The van der Waals surface area contributed by atoms with Gasteiger partial charge in [-0.05, 0) is 86.1 Å². The standard InChI is InChI=1S/C24H24F7NO.ClH/c1-13(16-8-17(23(26,27)28)10-18(9-16)24(29,30)31)33-21-7-4-15-11-32-12-20(15)22(21)14-2-5-19(25)6-3-14;/h2-3,5-6,8-10,13,15,20-22,32H,4,7,11-12H2,1H3;1H/t13-,15+,20-,21+,22+;/m1./s1. The highest BCUT2D eigenvalue weighted by atomic mass is 35.5. The van der Waals surface area contributed by atoms with Crippen LogP contribution in [0.4, 0.5) is 30.7 Å². The Morgan fingerprint density at radius 3 is 2.03 bits per heavy atom. The predicted octanol–water partition coefficient (Wildman–Crippen LogP) is 7.14. The monoisotopic (exact) mass is 511 g/mol. The third-order valence-electron chi connectivity index (χ3n) is 6.79. The van der Waals surface area contributed by atoms with Crippen molar-refractivity contribution in [1.29, 1.82) is 0 Å². The lowest BCUT2D eigenvalue weighted by Gasteiger charge is -2.41. The van der Waals surface area contributed by atoms with Gasteiger partial charge in [0.05, 0.1) is 23.3 Å². The molecule has 2 aliphatic rings. The summed E-state index contributed by atoms with van der Waals surface area (Å²) in [5.74, 6) is 0.0501. The number of hydrogen-bond donors (Lipinski definition) is 1. The number of alkyl halides is 6. The Morgan fingerprint density at radius 1 is 0.882 bits per heavy atom. The average molecular weight is 512 g/mol. The van der Waals surface area contributed by atoms with Crippen molar-refractivity contribution < 1.29 is 35.5 Å². The molecule has 0 aromatic heterocycles. The first-order valence-electron chi connectivity index (χ1n) is 10.8. The van der Waals surface area contributed by atoms with E-state index in [1.807, 2.05) is 0 Å². The summed E-state index contributed by atoms with van der Waals surface area (Å²) in [5.41, 5.74) is -2.04. The minimum absolute atomic E-state index is 0. The molecule has 0 unspecified atom stereocenters. The minimum atomic E-state index is -4.92. The van der Waals surface area contributed by atoms with E-state index >= 15 is 0 Å². The molecule has 0 radical (unpaired) electrons. The number of halogens is 8. The average Bonchev–Trinajstić information content (AvgIpc) is 3.21. The largest absolute Gasteiger partial charge is 0.416 e. The molecule has 2 aromatic rings. The van der Waals surface area contributed by atoms with E-state index in [9.17, 15) is 30.7 Å². The van der Waals surface area contributed by atoms with Crippen molar-refractivity contribution in [2.75, 3.05) is 13.1 Å². The molecule has 5 atom stereocenters. The molecule has 1 heterocycles. The highest BCUT2D eigenvalue weighted by molar-refractivity contribution is 5.85. The number of ether oxygens (including phenoxy) is 1. The van der Waals surface area contributed by atoms with E-state index in [-0.39, 0.29) is 41.7 Å². The third kappa shape index (κ3) is 5.69. The van der Waals surface area contributed by atoms with Crippen LogP contribution in [0.2, 0.25) is 0 Å². The summed E-state index contributed by atoms with van der Waals surface area (Å²) in [6.45, 7) is 3.03. The zero-order chi connectivity index (χ0) is 24.0. The summed E-state index contributed by atoms with van der Waals surface area (Å²) in [5, 5.41) is 3.35. The van der Waals surface area contributed by atoms with Gasteiger partial charge < -0.3 is 10.1 Å². The fraction of sp³-hybridized carbons (Fsp3) is 0.500. The fourth-order valence-electron chi connectivity index (χ4n) is 5.18. The van der Waals surface area contributed by atoms with Crippen LogP contribution in [0, 0.1) is 17.7 Å². The SMILES string of the molecule is C[C@@H](O[C@H]1CC[C@H]2CNC[C@H]2[C@@H]1c1ccc(F)cc1)c1cc(C(F)(F)F)cc(C(F)(F)F)c1.Cl. The van der Waals surface area contributed by atoms with E-state index in [1.165, 1.54) is 19.1 Å². The number of benzene rings is 2. The summed E-state index contributed by atoms with van der Waals surface area (Å²) < 4.78 is 99.3. The molecule has 0 spiro atoms. The van der Waals surface area contributed by atoms with Crippen molar-refractivity contribution in [1.82, 2.24) is 5.32 Å². The summed E-state index contributed by atoms with van der Waals surface area (Å²) in [6.07, 6.45) is -9.80. The fourth-order valence-corrected chi connectivity index (χ4v) is 5.18. The van der Waals surface area contributed by atoms with Crippen molar-refractivity contribution in [3.63, 3.8) is 0 Å². The molecule has 2 nitrogen and oxygen atoms in total. The molecule has 0 bridgehead atoms. The molecule has 4 rings (SSSR count). The summed E-state index contributed by atoms with van der Waals surface area (Å²) in [7, 11) is 0. The first kappa shape index (κ1) is 26.8. The molecular weight excluding hydrogens is 487 g/mol. The van der Waals surface area contributed by atoms with Gasteiger partial charge in [0.15, 0.2) is 0 Å². The van der Waals surface area contributed by atoms with Gasteiger partial charge in [-0.1, -0.05) is 12.1 Å². The lowest BCUT2D eigenvalue weighted by atomic mass is 9.69. The first-order chi connectivity index (χ1) is 15.4. The Labute approximate surface area is 199 Å². The van der Waals surface area contributed by atoms with Gasteiger partial charge in [0.1, 0.15) is 5.82 Å². The second-order valence-corrected chi connectivity index (χ2v) is 8.89. The first-order valence-corrected chi connectivity index (χ1v) is 10.8. The number of nitrogens with one attached hydrogen (secondary N) is 1. The smallest absolute Gasteiger partial charge is 0.370 e. The van der Waals surface area contributed by atoms with Crippen LogP contribution >= 0.6 is 12.4 Å². The maximum Gasteiger partial charge on any atom is 0.416 e. The van der Waals surface area contributed by atoms with Crippen LogP contribution in [0.3, 0.4) is 0 Å². The minimum Gasteiger partial charge on any atom is -0.370 e. The Morgan fingerprint density at radius 2 is 1.47 bits per heavy atom. The molecule has 34 heavy (non-hydrogen) atoms. The van der Waals surface area contributed by atoms with Crippen LogP contribution in [0.1, 0.15) is 54.0 Å². The Bertz CT molecular complexity index is 945. The Kier molecular flexibility index (Phi) is 7.89. The van der Waals surface area contributed by atoms with Gasteiger partial charge in [-0.15, -0.1) is 12.4 Å². The molecule has 2 aromatic carbocycles. The van der Waals surface area contributed by atoms with E-state index in [0.29, 0.717) is 12.3 Å². The molecule has 188 valence electrons. The van der Waals surface area contributed by atoms with Crippen molar-refractivity contribution in [2.24, 2.45) is 11.8 Å². The highest BCUT2D eigenvalue weighted by Crippen LogP contribution is 2.46. The van der Waals surface area contributed by atoms with E-state index in [1.54, 1.807) is 12.1 Å². The number of hydrogen-bond acceptors (Lipinski definition) is 2. The quantitative estimate of drug-likeness (QED) is 0.440. The molecule has 1 aliphatic carbocycles. The molecule has 1 N–H and O–H groups in total. The lowest BCUT2D eigenvalue weighted by Crippen LogP contribution is -2.38. The Hall–Kier alpha value is -1.84. The van der Waals surface area contributed by atoms with Crippen LogP contribution < -0.4 is 5.32 Å². The van der Waals surface area contributed by atoms with E-state index in [0.717, 1.165) is 37.2 Å². The van der Waals surface area contributed by atoms with Crippen molar-refractivity contribution in [3.8, 4) is 0 Å². The lowest BCUT2D eigenvalue weighted by molar-refractivity contribution is -0.143. The van der Waals surface area contributed by atoms with Gasteiger partial charge in [-0.25, -0.2) is 4.39 Å². The number of rotatable bonds is 4. The number of fused-ring (bicyclic) bond motifs is 1. The maximum atomic E-state index is 13.5. The van der Waals surface area contributed by atoms with Gasteiger partial charge in [0.2, 0.25) is 0 Å². The topological polar surface area (TPSA) is 21.3 Å². The van der Waals surface area contributed by atoms with Crippen LogP contribution in [0.15, 0.2) is 42.5 Å². The van der Waals surface area contributed by atoms with E-state index in [2.05, 4.69) is 5.32 Å². The molecule has 1 saturated heterocycles. The molecule has 1 aliphatic heterocycles. The van der Waals surface area contributed by atoms with Gasteiger partial charge >= 0.3 is 12.4 Å². The van der Waals surface area contributed by atoms with Crippen molar-refractivity contribution in [3.05, 3.63) is 70.5 Å². The van der Waals surface area contributed by atoms with Gasteiger partial charge in [-0.3, -0.25) is 0 Å². The van der Waals surface area contributed by atoms with Gasteiger partial charge in [0, 0.05) is 5.92 Å². The molecule has 0 amide bonds. The second-order valence-electron chi connectivity index (χ2n) is 8.89. The predicted molar refractivity (Wildman–Crippen MR) is 115 cm³/mol. The second kappa shape index (κ2) is 10.0. The maximum absolute atomic E-state index is 13.5. The highest BCUT2D eigenvalue weighted by Gasteiger charge is 2.44. The van der Waals surface area contributed by atoms with E-state index in [4.69, 9.17) is 4.74 Å². The Balaban J connectivity index is 0.00000324. The summed E-state index contributed by atoms with van der Waals surface area (Å²) in [6, 6.07) is 7.61. The van der Waals surface area contributed by atoms with Gasteiger partial charge in [-0.2, -0.15) is 26.3 Å².